The molecule has 7 heteroatoms. The summed E-state index contributed by atoms with van der Waals surface area (Å²) in [7, 11) is 0. The van der Waals surface area contributed by atoms with Crippen molar-refractivity contribution >= 4 is 23.4 Å². The number of nitrogens with one attached hydrogen (secondary N) is 1. The van der Waals surface area contributed by atoms with Crippen LogP contribution in [-0.2, 0) is 11.2 Å². The Morgan fingerprint density at radius 1 is 1.07 bits per heavy atom. The van der Waals surface area contributed by atoms with Crippen molar-refractivity contribution in [1.82, 2.24) is 14.8 Å². The van der Waals surface area contributed by atoms with Crippen LogP contribution >= 0.6 is 11.8 Å². The Kier molecular flexibility index (Phi) is 5.99. The summed E-state index contributed by atoms with van der Waals surface area (Å²) < 4.78 is 7.44. The summed E-state index contributed by atoms with van der Waals surface area (Å²) in [6, 6.07) is 21.3. The molecule has 6 nitrogen and oxygen atoms in total. The van der Waals surface area contributed by atoms with Crippen LogP contribution in [-0.4, -0.2) is 25.9 Å². The van der Waals surface area contributed by atoms with Gasteiger partial charge in [-0.15, -0.1) is 10.2 Å². The van der Waals surface area contributed by atoms with Gasteiger partial charge < -0.3 is 9.73 Å². The number of hydrogen-bond acceptors (Lipinski definition) is 5. The molecule has 30 heavy (non-hydrogen) atoms. The first kappa shape index (κ1) is 20.0. The number of nitrogens with zero attached hydrogens (tertiary/aromatic N) is 3. The fourth-order valence-electron chi connectivity index (χ4n) is 3.00. The highest BCUT2D eigenvalue weighted by Crippen LogP contribution is 2.30. The minimum absolute atomic E-state index is 0.0913. The molecule has 4 aromatic rings. The predicted octanol–water partition coefficient (Wildman–Crippen LogP) is 5.21. The Labute approximate surface area is 179 Å². The highest BCUT2D eigenvalue weighted by Gasteiger charge is 2.22. The molecular weight excluding hydrogens is 396 g/mol. The summed E-state index contributed by atoms with van der Waals surface area (Å²) in [5.41, 5.74) is 2.92. The molecule has 2 aromatic carbocycles. The van der Waals surface area contributed by atoms with E-state index in [0.29, 0.717) is 16.7 Å². The van der Waals surface area contributed by atoms with Crippen LogP contribution in [0.3, 0.4) is 0 Å². The Bertz CT molecular complexity index is 1110. The van der Waals surface area contributed by atoms with Gasteiger partial charge in [0, 0.05) is 11.4 Å². The molecule has 0 spiro atoms. The van der Waals surface area contributed by atoms with Gasteiger partial charge in [-0.3, -0.25) is 9.36 Å². The van der Waals surface area contributed by atoms with E-state index in [-0.39, 0.29) is 11.2 Å². The fourth-order valence-corrected chi connectivity index (χ4v) is 3.87. The van der Waals surface area contributed by atoms with Crippen LogP contribution in [0.25, 0.3) is 17.3 Å². The van der Waals surface area contributed by atoms with E-state index >= 15 is 0 Å². The van der Waals surface area contributed by atoms with Crippen molar-refractivity contribution in [3.05, 3.63) is 78.6 Å². The van der Waals surface area contributed by atoms with Gasteiger partial charge in [-0.25, -0.2) is 0 Å². The lowest BCUT2D eigenvalue weighted by atomic mass is 10.1. The van der Waals surface area contributed by atoms with Crippen molar-refractivity contribution in [1.29, 1.82) is 0 Å². The normalized spacial score (nSPS) is 11.9. The van der Waals surface area contributed by atoms with Gasteiger partial charge in [0.15, 0.2) is 10.9 Å². The maximum absolute atomic E-state index is 12.7. The molecule has 0 bridgehead atoms. The molecule has 0 radical (unpaired) electrons. The maximum Gasteiger partial charge on any atom is 0.237 e. The summed E-state index contributed by atoms with van der Waals surface area (Å²) in [4.78, 5) is 12.7. The van der Waals surface area contributed by atoms with E-state index < -0.39 is 0 Å². The minimum Gasteiger partial charge on any atom is -0.461 e. The van der Waals surface area contributed by atoms with Crippen molar-refractivity contribution in [2.24, 2.45) is 0 Å². The third-order valence-corrected chi connectivity index (χ3v) is 5.71. The maximum atomic E-state index is 12.7. The van der Waals surface area contributed by atoms with Crippen LogP contribution in [0.1, 0.15) is 19.4 Å². The van der Waals surface area contributed by atoms with Gasteiger partial charge in [-0.1, -0.05) is 49.0 Å². The first-order valence-corrected chi connectivity index (χ1v) is 10.6. The van der Waals surface area contributed by atoms with E-state index in [0.717, 1.165) is 17.8 Å². The highest BCUT2D eigenvalue weighted by molar-refractivity contribution is 8.00. The van der Waals surface area contributed by atoms with Gasteiger partial charge in [-0.2, -0.15) is 0 Å². The number of aryl methyl sites for hydroxylation is 1. The van der Waals surface area contributed by atoms with E-state index in [2.05, 4.69) is 22.4 Å². The average Bonchev–Trinajstić information content (AvgIpc) is 3.44. The second-order valence-corrected chi connectivity index (χ2v) is 8.06. The molecule has 1 amide bonds. The molecule has 2 aromatic heterocycles. The van der Waals surface area contributed by atoms with Gasteiger partial charge in [0.25, 0.3) is 0 Å². The van der Waals surface area contributed by atoms with Crippen LogP contribution in [0, 0.1) is 0 Å². The van der Waals surface area contributed by atoms with Crippen molar-refractivity contribution in [2.75, 3.05) is 5.32 Å². The Balaban J connectivity index is 1.57. The highest BCUT2D eigenvalue weighted by atomic mass is 32.2. The zero-order valence-corrected chi connectivity index (χ0v) is 17.6. The van der Waals surface area contributed by atoms with E-state index in [9.17, 15) is 4.79 Å². The molecule has 0 aliphatic rings. The zero-order valence-electron chi connectivity index (χ0n) is 16.8. The largest absolute Gasteiger partial charge is 0.461 e. The summed E-state index contributed by atoms with van der Waals surface area (Å²) in [6.07, 6.45) is 2.57. The number of aromatic nitrogens is 3. The molecular formula is C23H22N4O2S. The Hall–Kier alpha value is -3.32. The fraction of sp³-hybridized carbons (Fsp3) is 0.174. The summed E-state index contributed by atoms with van der Waals surface area (Å²) >= 11 is 1.35. The molecule has 0 fully saturated rings. The van der Waals surface area contributed by atoms with Crippen LogP contribution < -0.4 is 5.32 Å². The van der Waals surface area contributed by atoms with Gasteiger partial charge in [-0.05, 0) is 55.3 Å². The van der Waals surface area contributed by atoms with Gasteiger partial charge in [0.1, 0.15) is 0 Å². The quantitative estimate of drug-likeness (QED) is 0.417. The third kappa shape index (κ3) is 4.31. The zero-order chi connectivity index (χ0) is 20.9. The second-order valence-electron chi connectivity index (χ2n) is 6.75. The van der Waals surface area contributed by atoms with Crippen LogP contribution in [0.15, 0.2) is 82.6 Å². The predicted molar refractivity (Wildman–Crippen MR) is 119 cm³/mol. The monoisotopic (exact) mass is 418 g/mol. The molecule has 0 saturated heterocycles. The standard InChI is InChI=1S/C23H22N4O2S/c1-3-17-11-13-18(14-12-17)24-22(28)16(2)30-23-26-25-21(20-10-7-15-29-20)27(23)19-8-5-4-6-9-19/h4-16H,3H2,1-2H3,(H,24,28). The number of hydrogen-bond donors (Lipinski definition) is 1. The molecule has 0 aliphatic heterocycles. The van der Waals surface area contributed by atoms with Crippen LogP contribution in [0.2, 0.25) is 0 Å². The molecule has 1 atom stereocenters. The van der Waals surface area contributed by atoms with E-state index in [1.54, 1.807) is 6.26 Å². The van der Waals surface area contributed by atoms with E-state index in [1.807, 2.05) is 78.2 Å². The van der Waals surface area contributed by atoms with Gasteiger partial charge in [0.05, 0.1) is 11.5 Å². The van der Waals surface area contributed by atoms with Crippen LogP contribution in [0.5, 0.6) is 0 Å². The van der Waals surface area contributed by atoms with E-state index in [4.69, 9.17) is 4.42 Å². The lowest BCUT2D eigenvalue weighted by molar-refractivity contribution is -0.115. The molecule has 1 unspecified atom stereocenters. The van der Waals surface area contributed by atoms with E-state index in [1.165, 1.54) is 17.3 Å². The van der Waals surface area contributed by atoms with Crippen molar-refractivity contribution in [2.45, 2.75) is 30.7 Å². The van der Waals surface area contributed by atoms with Crippen LogP contribution in [0.4, 0.5) is 5.69 Å². The Morgan fingerprint density at radius 3 is 2.50 bits per heavy atom. The minimum atomic E-state index is -0.369. The van der Waals surface area contributed by atoms with Gasteiger partial charge >= 0.3 is 0 Å². The Morgan fingerprint density at radius 2 is 1.83 bits per heavy atom. The number of thioether (sulfide) groups is 1. The third-order valence-electron chi connectivity index (χ3n) is 4.67. The molecule has 2 heterocycles. The number of amides is 1. The molecule has 0 saturated carbocycles. The SMILES string of the molecule is CCc1ccc(NC(=O)C(C)Sc2nnc(-c3ccco3)n2-c2ccccc2)cc1. The van der Waals surface area contributed by atoms with Gasteiger partial charge in [0.2, 0.25) is 11.7 Å². The average molecular weight is 419 g/mol. The number of benzene rings is 2. The molecule has 4 rings (SSSR count). The summed E-state index contributed by atoms with van der Waals surface area (Å²) in [6.45, 7) is 3.96. The van der Waals surface area contributed by atoms with Crippen molar-refractivity contribution in [3.8, 4) is 17.3 Å². The lowest BCUT2D eigenvalue weighted by Crippen LogP contribution is -2.22. The summed E-state index contributed by atoms with van der Waals surface area (Å²) in [5.74, 6) is 1.12. The second kappa shape index (κ2) is 9.00. The first-order chi connectivity index (χ1) is 14.7. The lowest BCUT2D eigenvalue weighted by Gasteiger charge is -2.13. The number of para-hydroxylation sites is 1. The molecule has 0 aliphatic carbocycles. The number of anilines is 1. The topological polar surface area (TPSA) is 73.0 Å². The van der Waals surface area contributed by atoms with Crippen molar-refractivity contribution in [3.63, 3.8) is 0 Å². The summed E-state index contributed by atoms with van der Waals surface area (Å²) in [5, 5.41) is 11.9. The first-order valence-electron chi connectivity index (χ1n) is 9.77. The molecule has 1 N–H and O–H groups in total. The number of carbonyl (C=O) groups excluding carboxylic acids is 1. The van der Waals surface area contributed by atoms with Crippen molar-refractivity contribution < 1.29 is 9.21 Å². The number of rotatable bonds is 7. The smallest absolute Gasteiger partial charge is 0.237 e. The number of furan rings is 1. The molecule has 152 valence electrons. The number of carbonyl (C=O) groups is 1.